The van der Waals surface area contributed by atoms with E-state index >= 15 is 0 Å². The maximum atomic E-state index is 14.0. The molecule has 2 saturated carbocycles. The van der Waals surface area contributed by atoms with Gasteiger partial charge in [-0.05, 0) is 87.5 Å². The number of thiazole rings is 1. The molecule has 5 rings (SSSR count). The summed E-state index contributed by atoms with van der Waals surface area (Å²) in [4.78, 5) is 21.0. The van der Waals surface area contributed by atoms with Crippen LogP contribution in [-0.2, 0) is 29.5 Å². The third kappa shape index (κ3) is 5.26. The van der Waals surface area contributed by atoms with Crippen LogP contribution in [0.4, 0.5) is 13.2 Å². The summed E-state index contributed by atoms with van der Waals surface area (Å²) < 4.78 is 39.9. The number of aromatic nitrogens is 1. The lowest BCUT2D eigenvalue weighted by molar-refractivity contribution is -0.145. The molecule has 2 heterocycles. The number of carbonyl (C=O) groups excluding carboxylic acids is 1. The van der Waals surface area contributed by atoms with E-state index < -0.39 is 22.8 Å². The molecular formula is C29H38F3N3O2S. The Kier molecular flexibility index (Phi) is 7.41. The normalized spacial score (nSPS) is 30.1. The smallest absolute Gasteiger partial charge is 0.384 e. The van der Waals surface area contributed by atoms with Crippen LogP contribution < -0.4 is 5.32 Å². The number of halogens is 3. The Labute approximate surface area is 226 Å². The molecule has 1 amide bonds. The first-order valence-corrected chi connectivity index (χ1v) is 14.6. The first-order chi connectivity index (χ1) is 17.9. The van der Waals surface area contributed by atoms with Crippen LogP contribution in [0.5, 0.6) is 0 Å². The Morgan fingerprint density at radius 2 is 1.87 bits per heavy atom. The van der Waals surface area contributed by atoms with E-state index in [1.807, 2.05) is 6.92 Å². The molecule has 1 aliphatic heterocycles. The molecule has 0 saturated heterocycles. The zero-order chi connectivity index (χ0) is 27.3. The van der Waals surface area contributed by atoms with Gasteiger partial charge in [-0.2, -0.15) is 13.2 Å². The fraction of sp³-hybridized carbons (Fsp3) is 0.655. The first kappa shape index (κ1) is 27.6. The lowest BCUT2D eigenvalue weighted by Crippen LogP contribution is -2.49. The molecule has 2 atom stereocenters. The summed E-state index contributed by atoms with van der Waals surface area (Å²) in [5.41, 5.74) is -0.450. The third-order valence-electron chi connectivity index (χ3n) is 9.28. The van der Waals surface area contributed by atoms with Crippen LogP contribution in [-0.4, -0.2) is 39.5 Å². The van der Waals surface area contributed by atoms with Crippen molar-refractivity contribution in [3.05, 3.63) is 51.0 Å². The summed E-state index contributed by atoms with van der Waals surface area (Å²) in [6, 6.07) is 4.44. The number of benzene rings is 1. The maximum absolute atomic E-state index is 14.0. The molecule has 1 aromatic carbocycles. The van der Waals surface area contributed by atoms with Gasteiger partial charge in [0.15, 0.2) is 0 Å². The van der Waals surface area contributed by atoms with E-state index in [1.165, 1.54) is 6.07 Å². The van der Waals surface area contributed by atoms with E-state index in [9.17, 15) is 23.1 Å². The standard InChI is InChI=1S/C29H38F3N3O2S/c1-18(2)27(26(36)35-13-9-20-4-5-22(29(30,31)32)14-21(20)17-35)10-6-24(15-27)34-23-7-11-28(37,12-8-23)25-16-33-19(3)38-25/h4-5,14,16,18,23-24,34,37H,6-13,15,17H2,1-3H3/t23?,24?,27-,28?/m0/s1. The summed E-state index contributed by atoms with van der Waals surface area (Å²) in [5.74, 6) is 0.217. The molecule has 208 valence electrons. The van der Waals surface area contributed by atoms with Crippen molar-refractivity contribution in [2.24, 2.45) is 11.3 Å². The predicted molar refractivity (Wildman–Crippen MR) is 142 cm³/mol. The van der Waals surface area contributed by atoms with Crippen LogP contribution in [0.15, 0.2) is 24.4 Å². The number of alkyl halides is 3. The summed E-state index contributed by atoms with van der Waals surface area (Å²) >= 11 is 1.57. The SMILES string of the molecule is Cc1ncc(C2(O)CCC(NC3CC[C@@](C(=O)N4CCc5ccc(C(F)(F)F)cc5C4)(C(C)C)C3)CC2)s1. The van der Waals surface area contributed by atoms with Gasteiger partial charge < -0.3 is 15.3 Å². The highest BCUT2D eigenvalue weighted by molar-refractivity contribution is 7.11. The quantitative estimate of drug-likeness (QED) is 0.482. The number of hydrogen-bond donors (Lipinski definition) is 2. The van der Waals surface area contributed by atoms with Gasteiger partial charge in [-0.3, -0.25) is 4.79 Å². The average molecular weight is 550 g/mol. The topological polar surface area (TPSA) is 65.5 Å². The molecule has 38 heavy (non-hydrogen) atoms. The Balaban J connectivity index is 1.23. The van der Waals surface area contributed by atoms with Crippen LogP contribution >= 0.6 is 11.3 Å². The van der Waals surface area contributed by atoms with Crippen molar-refractivity contribution < 1.29 is 23.1 Å². The molecule has 1 unspecified atom stereocenters. The molecule has 2 fully saturated rings. The largest absolute Gasteiger partial charge is 0.416 e. The number of carbonyl (C=O) groups is 1. The molecular weight excluding hydrogens is 511 g/mol. The second-order valence-electron chi connectivity index (χ2n) is 11.9. The Bertz CT molecular complexity index is 1170. The summed E-state index contributed by atoms with van der Waals surface area (Å²) in [5, 5.41) is 15.9. The molecule has 3 aliphatic rings. The second kappa shape index (κ2) is 10.2. The second-order valence-corrected chi connectivity index (χ2v) is 13.2. The van der Waals surface area contributed by atoms with Gasteiger partial charge >= 0.3 is 6.18 Å². The van der Waals surface area contributed by atoms with E-state index in [2.05, 4.69) is 24.1 Å². The minimum atomic E-state index is -4.39. The van der Waals surface area contributed by atoms with Crippen LogP contribution in [0, 0.1) is 18.3 Å². The van der Waals surface area contributed by atoms with Gasteiger partial charge in [-0.1, -0.05) is 19.9 Å². The van der Waals surface area contributed by atoms with Crippen molar-refractivity contribution in [1.29, 1.82) is 0 Å². The fourth-order valence-electron chi connectivity index (χ4n) is 6.82. The monoisotopic (exact) mass is 549 g/mol. The molecule has 0 radical (unpaired) electrons. The maximum Gasteiger partial charge on any atom is 0.416 e. The van der Waals surface area contributed by atoms with Crippen LogP contribution in [0.3, 0.4) is 0 Å². The molecule has 1 aromatic heterocycles. The van der Waals surface area contributed by atoms with E-state index in [4.69, 9.17) is 0 Å². The highest BCUT2D eigenvalue weighted by Gasteiger charge is 2.50. The van der Waals surface area contributed by atoms with Crippen LogP contribution in [0.1, 0.15) is 85.4 Å². The summed E-state index contributed by atoms with van der Waals surface area (Å²) in [6.45, 7) is 6.93. The number of hydrogen-bond acceptors (Lipinski definition) is 5. The Morgan fingerprint density at radius 3 is 2.50 bits per heavy atom. The lowest BCUT2D eigenvalue weighted by atomic mass is 9.73. The average Bonchev–Trinajstić information content (AvgIpc) is 3.51. The van der Waals surface area contributed by atoms with Gasteiger partial charge in [-0.25, -0.2) is 4.98 Å². The molecule has 0 bridgehead atoms. The summed E-state index contributed by atoms with van der Waals surface area (Å²) in [7, 11) is 0. The van der Waals surface area contributed by atoms with Gasteiger partial charge in [0.2, 0.25) is 5.91 Å². The minimum absolute atomic E-state index is 0.0819. The van der Waals surface area contributed by atoms with E-state index in [0.29, 0.717) is 37.4 Å². The molecule has 9 heteroatoms. The highest BCUT2D eigenvalue weighted by atomic mass is 32.1. The Morgan fingerprint density at radius 1 is 1.16 bits per heavy atom. The number of nitrogens with one attached hydrogen (secondary N) is 1. The summed E-state index contributed by atoms with van der Waals surface area (Å²) in [6.07, 6.45) is 3.55. The molecule has 5 nitrogen and oxygen atoms in total. The molecule has 2 aliphatic carbocycles. The molecule has 0 spiro atoms. The van der Waals surface area contributed by atoms with Gasteiger partial charge in [0.05, 0.1) is 20.9 Å². The van der Waals surface area contributed by atoms with E-state index in [1.54, 1.807) is 28.5 Å². The van der Waals surface area contributed by atoms with Gasteiger partial charge in [-0.15, -0.1) is 11.3 Å². The van der Waals surface area contributed by atoms with Crippen molar-refractivity contribution in [2.45, 2.75) is 103 Å². The van der Waals surface area contributed by atoms with Crippen molar-refractivity contribution in [3.63, 3.8) is 0 Å². The predicted octanol–water partition coefficient (Wildman–Crippen LogP) is 5.97. The van der Waals surface area contributed by atoms with E-state index in [0.717, 1.165) is 53.6 Å². The number of rotatable bonds is 5. The van der Waals surface area contributed by atoms with Gasteiger partial charge in [0.1, 0.15) is 5.60 Å². The molecule has 2 N–H and O–H groups in total. The number of aryl methyl sites for hydroxylation is 1. The van der Waals surface area contributed by atoms with Gasteiger partial charge in [0.25, 0.3) is 0 Å². The first-order valence-electron chi connectivity index (χ1n) is 13.8. The van der Waals surface area contributed by atoms with Crippen molar-refractivity contribution in [2.75, 3.05) is 6.54 Å². The number of nitrogens with zero attached hydrogens (tertiary/aromatic N) is 2. The Hall–Kier alpha value is -1.97. The molecule has 2 aromatic rings. The van der Waals surface area contributed by atoms with Gasteiger partial charge in [0, 0.05) is 31.4 Å². The zero-order valence-corrected chi connectivity index (χ0v) is 23.2. The van der Waals surface area contributed by atoms with Crippen molar-refractivity contribution in [3.8, 4) is 0 Å². The minimum Gasteiger partial charge on any atom is -0.384 e. The highest BCUT2D eigenvalue weighted by Crippen LogP contribution is 2.47. The number of fused-ring (bicyclic) bond motifs is 1. The third-order valence-corrected chi connectivity index (χ3v) is 10.4. The van der Waals surface area contributed by atoms with Crippen LogP contribution in [0.2, 0.25) is 0 Å². The van der Waals surface area contributed by atoms with E-state index in [-0.39, 0.29) is 24.4 Å². The number of amides is 1. The lowest BCUT2D eigenvalue weighted by Gasteiger charge is -2.40. The van der Waals surface area contributed by atoms with Crippen molar-refractivity contribution in [1.82, 2.24) is 15.2 Å². The zero-order valence-electron chi connectivity index (χ0n) is 22.4. The fourth-order valence-corrected chi connectivity index (χ4v) is 7.75. The number of aliphatic hydroxyl groups is 1. The van der Waals surface area contributed by atoms with Crippen molar-refractivity contribution >= 4 is 17.2 Å². The van der Waals surface area contributed by atoms with Crippen LogP contribution in [0.25, 0.3) is 0 Å².